The van der Waals surface area contributed by atoms with Crippen molar-refractivity contribution in [1.82, 2.24) is 9.62 Å². The summed E-state index contributed by atoms with van der Waals surface area (Å²) >= 11 is 0. The van der Waals surface area contributed by atoms with E-state index >= 15 is 0 Å². The molecule has 1 heterocycles. The molecule has 5 heteroatoms. The Morgan fingerprint density at radius 1 is 1.12 bits per heavy atom. The van der Waals surface area contributed by atoms with E-state index < -0.39 is 10.0 Å². The molecule has 0 aromatic heterocycles. The minimum atomic E-state index is -3.37. The first-order valence-electron chi connectivity index (χ1n) is 9.18. The van der Waals surface area contributed by atoms with Crippen LogP contribution >= 0.6 is 0 Å². The van der Waals surface area contributed by atoms with E-state index in [1.54, 1.807) is 24.3 Å². The predicted octanol–water partition coefficient (Wildman–Crippen LogP) is 3.55. The predicted molar refractivity (Wildman–Crippen MR) is 102 cm³/mol. The quantitative estimate of drug-likeness (QED) is 0.844. The number of nitrogens with one attached hydrogen (secondary N) is 1. The van der Waals surface area contributed by atoms with Crippen molar-refractivity contribution >= 4 is 10.0 Å². The van der Waals surface area contributed by atoms with Gasteiger partial charge in [-0.05, 0) is 61.6 Å². The van der Waals surface area contributed by atoms with Crippen LogP contribution in [0.5, 0.6) is 0 Å². The van der Waals surface area contributed by atoms with Crippen LogP contribution < -0.4 is 4.72 Å². The van der Waals surface area contributed by atoms with Gasteiger partial charge in [-0.3, -0.25) is 0 Å². The van der Waals surface area contributed by atoms with E-state index in [2.05, 4.69) is 35.0 Å². The standard InChI is InChI=1S/C20H28N2O2S/c1-22-15-5-6-19(16-22)18-11-9-17(10-12-18)13-14-21-25(23,24)20-7-3-2-4-8-20/h2-8,16-18,21H,9-15H2,1H3. The molecule has 1 aliphatic carbocycles. The van der Waals surface area contributed by atoms with Crippen LogP contribution in [0.4, 0.5) is 0 Å². The van der Waals surface area contributed by atoms with Gasteiger partial charge in [0, 0.05) is 26.3 Å². The summed E-state index contributed by atoms with van der Waals surface area (Å²) in [7, 11) is -1.25. The zero-order chi connectivity index (χ0) is 17.7. The van der Waals surface area contributed by atoms with E-state index in [1.807, 2.05) is 6.07 Å². The van der Waals surface area contributed by atoms with Gasteiger partial charge in [-0.25, -0.2) is 13.1 Å². The summed E-state index contributed by atoms with van der Waals surface area (Å²) in [4.78, 5) is 2.58. The van der Waals surface area contributed by atoms with Crippen molar-refractivity contribution in [3.63, 3.8) is 0 Å². The minimum Gasteiger partial charge on any atom is -0.376 e. The Morgan fingerprint density at radius 2 is 1.84 bits per heavy atom. The molecule has 0 bridgehead atoms. The number of likely N-dealkylation sites (N-methyl/N-ethyl adjacent to an activating group) is 1. The number of allylic oxidation sites excluding steroid dienone is 2. The Labute approximate surface area is 151 Å². The van der Waals surface area contributed by atoms with Gasteiger partial charge in [0.15, 0.2) is 0 Å². The molecule has 3 rings (SSSR count). The van der Waals surface area contributed by atoms with Crippen LogP contribution in [0.1, 0.15) is 32.1 Å². The van der Waals surface area contributed by atoms with Crippen LogP contribution in [-0.2, 0) is 10.0 Å². The van der Waals surface area contributed by atoms with Crippen molar-refractivity contribution in [3.8, 4) is 0 Å². The van der Waals surface area contributed by atoms with Crippen molar-refractivity contribution in [1.29, 1.82) is 0 Å². The molecule has 0 unspecified atom stereocenters. The number of sulfonamides is 1. The topological polar surface area (TPSA) is 49.4 Å². The molecule has 1 fully saturated rings. The summed E-state index contributed by atoms with van der Waals surface area (Å²) in [6.07, 6.45) is 12.5. The fourth-order valence-corrected chi connectivity index (χ4v) is 4.88. The first-order valence-corrected chi connectivity index (χ1v) is 10.7. The number of hydrogen-bond acceptors (Lipinski definition) is 3. The first-order chi connectivity index (χ1) is 12.0. The van der Waals surface area contributed by atoms with Gasteiger partial charge < -0.3 is 4.90 Å². The average molecular weight is 361 g/mol. The monoisotopic (exact) mass is 360 g/mol. The zero-order valence-electron chi connectivity index (χ0n) is 14.9. The summed E-state index contributed by atoms with van der Waals surface area (Å²) in [5.41, 5.74) is 1.46. The lowest BCUT2D eigenvalue weighted by atomic mass is 9.77. The number of rotatable bonds is 6. The Balaban J connectivity index is 1.43. The highest BCUT2D eigenvalue weighted by Crippen LogP contribution is 2.35. The van der Waals surface area contributed by atoms with Gasteiger partial charge in [-0.2, -0.15) is 0 Å². The van der Waals surface area contributed by atoms with Crippen LogP contribution in [-0.4, -0.2) is 33.5 Å². The second-order valence-electron chi connectivity index (χ2n) is 7.19. The van der Waals surface area contributed by atoms with E-state index in [0.717, 1.165) is 13.0 Å². The van der Waals surface area contributed by atoms with Crippen LogP contribution in [0.25, 0.3) is 0 Å². The number of nitrogens with zero attached hydrogens (tertiary/aromatic N) is 1. The molecular formula is C20H28N2O2S. The van der Waals surface area contributed by atoms with Crippen LogP contribution in [0.15, 0.2) is 59.2 Å². The Kier molecular flexibility index (Phi) is 5.97. The fourth-order valence-electron chi connectivity index (χ4n) is 3.81. The highest BCUT2D eigenvalue weighted by atomic mass is 32.2. The lowest BCUT2D eigenvalue weighted by molar-refractivity contribution is 0.288. The van der Waals surface area contributed by atoms with Crippen molar-refractivity contribution in [3.05, 3.63) is 54.3 Å². The molecule has 1 aromatic carbocycles. The lowest BCUT2D eigenvalue weighted by Crippen LogP contribution is -2.27. The molecule has 1 aliphatic heterocycles. The molecule has 136 valence electrons. The normalized spacial score (nSPS) is 24.2. The van der Waals surface area contributed by atoms with E-state index in [9.17, 15) is 8.42 Å². The second-order valence-corrected chi connectivity index (χ2v) is 8.96. The molecule has 4 nitrogen and oxygen atoms in total. The number of benzene rings is 1. The average Bonchev–Trinajstić information content (AvgIpc) is 2.63. The second kappa shape index (κ2) is 8.19. The van der Waals surface area contributed by atoms with Crippen molar-refractivity contribution in [2.75, 3.05) is 20.1 Å². The summed E-state index contributed by atoms with van der Waals surface area (Å²) in [5, 5.41) is 0. The van der Waals surface area contributed by atoms with Gasteiger partial charge in [0.1, 0.15) is 0 Å². The molecule has 0 saturated heterocycles. The van der Waals surface area contributed by atoms with Crippen molar-refractivity contribution in [2.24, 2.45) is 11.8 Å². The van der Waals surface area contributed by atoms with Gasteiger partial charge in [0.2, 0.25) is 10.0 Å². The van der Waals surface area contributed by atoms with E-state index in [-0.39, 0.29) is 0 Å². The third kappa shape index (κ3) is 4.95. The zero-order valence-corrected chi connectivity index (χ0v) is 15.7. The Hall–Kier alpha value is -1.59. The van der Waals surface area contributed by atoms with Gasteiger partial charge in [0.25, 0.3) is 0 Å². The van der Waals surface area contributed by atoms with Gasteiger partial charge in [-0.15, -0.1) is 0 Å². The SMILES string of the molecule is CN1C=C(C2CCC(CCNS(=O)(=O)c3ccccc3)CC2)C=CC1. The maximum absolute atomic E-state index is 12.2. The summed E-state index contributed by atoms with van der Waals surface area (Å²) in [6, 6.07) is 8.60. The lowest BCUT2D eigenvalue weighted by Gasteiger charge is -2.31. The van der Waals surface area contributed by atoms with Gasteiger partial charge in [-0.1, -0.05) is 30.4 Å². The fraction of sp³-hybridized carbons (Fsp3) is 0.500. The number of hydrogen-bond donors (Lipinski definition) is 1. The molecule has 0 radical (unpaired) electrons. The van der Waals surface area contributed by atoms with Crippen LogP contribution in [0.2, 0.25) is 0 Å². The minimum absolute atomic E-state index is 0.346. The summed E-state index contributed by atoms with van der Waals surface area (Å²) in [5.74, 6) is 1.29. The molecule has 0 atom stereocenters. The van der Waals surface area contributed by atoms with E-state index in [1.165, 1.54) is 31.3 Å². The van der Waals surface area contributed by atoms with Gasteiger partial charge in [0.05, 0.1) is 4.90 Å². The molecule has 1 N–H and O–H groups in total. The molecule has 25 heavy (non-hydrogen) atoms. The highest BCUT2D eigenvalue weighted by Gasteiger charge is 2.24. The molecule has 0 amide bonds. The first kappa shape index (κ1) is 18.2. The maximum atomic E-state index is 12.2. The summed E-state index contributed by atoms with van der Waals surface area (Å²) < 4.78 is 27.2. The Morgan fingerprint density at radius 3 is 2.52 bits per heavy atom. The maximum Gasteiger partial charge on any atom is 0.240 e. The molecule has 2 aliphatic rings. The van der Waals surface area contributed by atoms with Crippen molar-refractivity contribution < 1.29 is 8.42 Å². The third-order valence-corrected chi connectivity index (χ3v) is 6.77. The molecular weight excluding hydrogens is 332 g/mol. The van der Waals surface area contributed by atoms with Crippen LogP contribution in [0.3, 0.4) is 0 Å². The Bertz CT molecular complexity index is 717. The van der Waals surface area contributed by atoms with E-state index in [0.29, 0.717) is 23.3 Å². The molecule has 1 saturated carbocycles. The largest absolute Gasteiger partial charge is 0.376 e. The van der Waals surface area contributed by atoms with Crippen LogP contribution in [0, 0.1) is 11.8 Å². The highest BCUT2D eigenvalue weighted by molar-refractivity contribution is 7.89. The summed E-state index contributed by atoms with van der Waals surface area (Å²) in [6.45, 7) is 1.53. The smallest absolute Gasteiger partial charge is 0.240 e. The molecule has 1 aromatic rings. The van der Waals surface area contributed by atoms with Gasteiger partial charge >= 0.3 is 0 Å². The molecule has 0 spiro atoms. The van der Waals surface area contributed by atoms with Crippen molar-refractivity contribution in [2.45, 2.75) is 37.0 Å². The third-order valence-electron chi connectivity index (χ3n) is 5.29. The van der Waals surface area contributed by atoms with E-state index in [4.69, 9.17) is 0 Å².